The molecule has 0 radical (unpaired) electrons. The number of thioether (sulfide) groups is 2. The number of rotatable bonds is 6. The normalized spacial score (nSPS) is 18.8. The fourth-order valence-corrected chi connectivity index (χ4v) is 6.45. The summed E-state index contributed by atoms with van der Waals surface area (Å²) in [6.07, 6.45) is 8.86. The van der Waals surface area contributed by atoms with Gasteiger partial charge in [0.15, 0.2) is 5.82 Å². The highest BCUT2D eigenvalue weighted by Crippen LogP contribution is 2.43. The van der Waals surface area contributed by atoms with E-state index in [4.69, 9.17) is 4.52 Å². The average Bonchev–Trinajstić information content (AvgIpc) is 3.30. The van der Waals surface area contributed by atoms with Crippen LogP contribution in [0.2, 0.25) is 0 Å². The summed E-state index contributed by atoms with van der Waals surface area (Å²) in [4.78, 5) is 30.1. The highest BCUT2D eigenvalue weighted by Gasteiger charge is 2.36. The number of urea groups is 1. The number of carbonyl (C=O) groups excluding carboxylic acids is 2. The Hall–Kier alpha value is -3.43. The van der Waals surface area contributed by atoms with Crippen molar-refractivity contribution in [3.8, 4) is 0 Å². The fraction of sp³-hybridized carbons (Fsp3) is 0.222. The maximum absolute atomic E-state index is 13.5. The molecule has 9 heteroatoms. The van der Waals surface area contributed by atoms with Crippen molar-refractivity contribution < 1.29 is 14.1 Å². The molecule has 1 aromatic heterocycles. The first-order valence-electron chi connectivity index (χ1n) is 11.7. The first-order chi connectivity index (χ1) is 17.5. The van der Waals surface area contributed by atoms with Gasteiger partial charge in [0.25, 0.3) is 0 Å². The van der Waals surface area contributed by atoms with E-state index >= 15 is 0 Å². The standard InChI is InChI=1S/C27H26N4O3S2/c1-3-22(26(32)29-25-15-17(2)34-30-25)35-19-10-8-9-18(16-19)28-27(33)31-20-11-4-6-13-23(20)36-24-14-7-5-12-21(24)31/h4-16,20,22-23H,3H2,1-2H3,(H,28,33)(H,29,30,32). The first kappa shape index (κ1) is 24.3. The van der Waals surface area contributed by atoms with Crippen LogP contribution in [0.3, 0.4) is 0 Å². The average molecular weight is 519 g/mol. The van der Waals surface area contributed by atoms with Gasteiger partial charge in [0.2, 0.25) is 5.91 Å². The molecule has 36 heavy (non-hydrogen) atoms. The molecule has 1 aliphatic carbocycles. The van der Waals surface area contributed by atoms with Crippen molar-refractivity contribution in [2.24, 2.45) is 0 Å². The highest BCUT2D eigenvalue weighted by atomic mass is 32.2. The highest BCUT2D eigenvalue weighted by molar-refractivity contribution is 8.00. The quantitative estimate of drug-likeness (QED) is 0.362. The van der Waals surface area contributed by atoms with Crippen LogP contribution in [-0.2, 0) is 4.79 Å². The Bertz CT molecular complexity index is 1340. The van der Waals surface area contributed by atoms with Gasteiger partial charge < -0.3 is 15.2 Å². The number of fused-ring (bicyclic) bond motifs is 2. The summed E-state index contributed by atoms with van der Waals surface area (Å²) in [6.45, 7) is 3.74. The van der Waals surface area contributed by atoms with Gasteiger partial charge in [-0.15, -0.1) is 23.5 Å². The van der Waals surface area contributed by atoms with Gasteiger partial charge >= 0.3 is 6.03 Å². The van der Waals surface area contributed by atoms with Gasteiger partial charge in [-0.05, 0) is 43.7 Å². The minimum atomic E-state index is -0.320. The lowest BCUT2D eigenvalue weighted by Gasteiger charge is -2.40. The van der Waals surface area contributed by atoms with Crippen molar-refractivity contribution in [3.05, 3.63) is 84.7 Å². The van der Waals surface area contributed by atoms with Crippen LogP contribution in [0, 0.1) is 6.92 Å². The van der Waals surface area contributed by atoms with Crippen LogP contribution in [0.1, 0.15) is 19.1 Å². The molecule has 0 saturated heterocycles. The van der Waals surface area contributed by atoms with E-state index in [0.29, 0.717) is 23.7 Å². The molecule has 2 heterocycles. The Kier molecular flexibility index (Phi) is 7.20. The molecule has 2 aromatic carbocycles. The Morgan fingerprint density at radius 3 is 2.75 bits per heavy atom. The Balaban J connectivity index is 1.31. The number of allylic oxidation sites excluding steroid dienone is 2. The van der Waals surface area contributed by atoms with E-state index in [1.165, 1.54) is 11.8 Å². The van der Waals surface area contributed by atoms with Crippen molar-refractivity contribution in [2.45, 2.75) is 46.6 Å². The zero-order valence-electron chi connectivity index (χ0n) is 19.9. The lowest BCUT2D eigenvalue weighted by Crippen LogP contribution is -2.49. The second-order valence-corrected chi connectivity index (χ2v) is 11.0. The first-order valence-corrected chi connectivity index (χ1v) is 13.5. The van der Waals surface area contributed by atoms with Crippen molar-refractivity contribution in [1.82, 2.24) is 5.16 Å². The zero-order valence-corrected chi connectivity index (χ0v) is 21.5. The van der Waals surface area contributed by atoms with Crippen LogP contribution in [0.15, 0.2) is 93.2 Å². The minimum absolute atomic E-state index is 0.0687. The van der Waals surface area contributed by atoms with Crippen LogP contribution < -0.4 is 15.5 Å². The number of aryl methyl sites for hydroxylation is 1. The SMILES string of the molecule is CCC(Sc1cccc(NC(=O)N2c3ccccc3SC3C=CC=CC32)c1)C(=O)Nc1cc(C)on1. The smallest absolute Gasteiger partial charge is 0.326 e. The predicted octanol–water partition coefficient (Wildman–Crippen LogP) is 6.50. The molecular formula is C27H26N4O3S2. The number of amides is 3. The molecule has 3 amide bonds. The third-order valence-corrected chi connectivity index (χ3v) is 8.53. The van der Waals surface area contributed by atoms with Gasteiger partial charge in [-0.1, -0.05) is 54.6 Å². The summed E-state index contributed by atoms with van der Waals surface area (Å²) in [5, 5.41) is 9.56. The maximum atomic E-state index is 13.5. The van der Waals surface area contributed by atoms with E-state index in [1.54, 1.807) is 24.8 Å². The van der Waals surface area contributed by atoms with E-state index in [9.17, 15) is 9.59 Å². The molecule has 5 rings (SSSR count). The van der Waals surface area contributed by atoms with E-state index < -0.39 is 0 Å². The van der Waals surface area contributed by atoms with E-state index in [0.717, 1.165) is 15.5 Å². The summed E-state index contributed by atoms with van der Waals surface area (Å²) in [6, 6.07) is 17.0. The second kappa shape index (κ2) is 10.7. The summed E-state index contributed by atoms with van der Waals surface area (Å²) < 4.78 is 5.03. The third-order valence-electron chi connectivity index (χ3n) is 5.87. The number of hydrogen-bond donors (Lipinski definition) is 2. The van der Waals surface area contributed by atoms with Crippen LogP contribution in [0.4, 0.5) is 22.0 Å². The lowest BCUT2D eigenvalue weighted by atomic mass is 10.1. The number of anilines is 3. The lowest BCUT2D eigenvalue weighted by molar-refractivity contribution is -0.115. The number of para-hydroxylation sites is 1. The van der Waals surface area contributed by atoms with Gasteiger partial charge in [0.05, 0.1) is 22.2 Å². The number of carbonyl (C=O) groups is 2. The summed E-state index contributed by atoms with van der Waals surface area (Å²) >= 11 is 3.22. The minimum Gasteiger partial charge on any atom is -0.360 e. The van der Waals surface area contributed by atoms with Gasteiger partial charge in [0, 0.05) is 21.5 Å². The molecule has 7 nitrogen and oxygen atoms in total. The topological polar surface area (TPSA) is 87.5 Å². The van der Waals surface area contributed by atoms with E-state index in [-0.39, 0.29) is 28.5 Å². The number of aromatic nitrogens is 1. The number of nitrogens with one attached hydrogen (secondary N) is 2. The predicted molar refractivity (Wildman–Crippen MR) is 146 cm³/mol. The molecule has 2 N–H and O–H groups in total. The summed E-state index contributed by atoms with van der Waals surface area (Å²) in [7, 11) is 0. The van der Waals surface area contributed by atoms with Gasteiger partial charge in [-0.2, -0.15) is 0 Å². The largest absolute Gasteiger partial charge is 0.360 e. The van der Waals surface area contributed by atoms with E-state index in [1.807, 2.05) is 66.4 Å². The molecule has 3 unspecified atom stereocenters. The molecule has 0 fully saturated rings. The van der Waals surface area contributed by atoms with E-state index in [2.05, 4.69) is 34.0 Å². The van der Waals surface area contributed by atoms with Crippen LogP contribution in [0.5, 0.6) is 0 Å². The molecule has 184 valence electrons. The Morgan fingerprint density at radius 1 is 1.11 bits per heavy atom. The monoisotopic (exact) mass is 518 g/mol. The molecule has 0 spiro atoms. The van der Waals surface area contributed by atoms with Crippen molar-refractivity contribution in [1.29, 1.82) is 0 Å². The van der Waals surface area contributed by atoms with Crippen LogP contribution in [0.25, 0.3) is 0 Å². The molecule has 0 bridgehead atoms. The van der Waals surface area contributed by atoms with Gasteiger partial charge in [-0.3, -0.25) is 9.69 Å². The number of hydrogen-bond acceptors (Lipinski definition) is 6. The molecule has 3 atom stereocenters. The van der Waals surface area contributed by atoms with Crippen molar-refractivity contribution in [3.63, 3.8) is 0 Å². The third kappa shape index (κ3) is 5.22. The molecular weight excluding hydrogens is 492 g/mol. The van der Waals surface area contributed by atoms with Crippen LogP contribution in [-0.4, -0.2) is 33.6 Å². The summed E-state index contributed by atoms with van der Waals surface area (Å²) in [5.41, 5.74) is 1.58. The van der Waals surface area contributed by atoms with Gasteiger partial charge in [0.1, 0.15) is 5.76 Å². The van der Waals surface area contributed by atoms with Crippen molar-refractivity contribution in [2.75, 3.05) is 15.5 Å². The fourth-order valence-electron chi connectivity index (χ4n) is 4.17. The second-order valence-electron chi connectivity index (χ2n) is 8.47. The molecule has 3 aromatic rings. The van der Waals surface area contributed by atoms with Crippen LogP contribution >= 0.6 is 23.5 Å². The molecule has 1 aliphatic heterocycles. The number of nitrogens with zero attached hydrogens (tertiary/aromatic N) is 2. The van der Waals surface area contributed by atoms with Crippen molar-refractivity contribution >= 4 is 52.7 Å². The molecule has 0 saturated carbocycles. The maximum Gasteiger partial charge on any atom is 0.326 e. The van der Waals surface area contributed by atoms with Gasteiger partial charge in [-0.25, -0.2) is 4.79 Å². The zero-order chi connectivity index (χ0) is 25.1. The summed E-state index contributed by atoms with van der Waals surface area (Å²) in [5.74, 6) is 0.897. The Morgan fingerprint density at radius 2 is 1.94 bits per heavy atom. The molecule has 2 aliphatic rings. The Labute approximate surface area is 218 Å². The number of benzene rings is 2.